The van der Waals surface area contributed by atoms with Gasteiger partial charge in [-0.2, -0.15) is 4.98 Å². The predicted molar refractivity (Wildman–Crippen MR) is 130 cm³/mol. The summed E-state index contributed by atoms with van der Waals surface area (Å²) in [4.78, 5) is 31.0. The Kier molecular flexibility index (Phi) is 7.03. The molecule has 0 saturated carbocycles. The van der Waals surface area contributed by atoms with Gasteiger partial charge in [-0.3, -0.25) is 14.5 Å². The van der Waals surface area contributed by atoms with Crippen molar-refractivity contribution in [3.63, 3.8) is 0 Å². The van der Waals surface area contributed by atoms with Crippen LogP contribution in [0.2, 0.25) is 0 Å². The highest BCUT2D eigenvalue weighted by molar-refractivity contribution is 9.10. The Morgan fingerprint density at radius 2 is 1.97 bits per heavy atom. The number of aromatic nitrogens is 3. The van der Waals surface area contributed by atoms with E-state index in [0.717, 1.165) is 0 Å². The fraction of sp³-hybridized carbons (Fsp3) is 0.261. The highest BCUT2D eigenvalue weighted by atomic mass is 79.9. The number of hydrogen-bond donors (Lipinski definition) is 0. The van der Waals surface area contributed by atoms with Crippen LogP contribution in [0.15, 0.2) is 46.0 Å². The first kappa shape index (κ1) is 24.0. The molecule has 0 spiro atoms. The predicted octanol–water partition coefficient (Wildman–Crippen LogP) is 4.79. The summed E-state index contributed by atoms with van der Waals surface area (Å²) in [6, 6.07) is 10.7. The minimum atomic E-state index is -1.04. The molecule has 0 saturated heterocycles. The van der Waals surface area contributed by atoms with E-state index in [1.54, 1.807) is 18.2 Å². The minimum absolute atomic E-state index is 0.154. The van der Waals surface area contributed by atoms with E-state index >= 15 is 0 Å². The van der Waals surface area contributed by atoms with Gasteiger partial charge in [-0.15, -0.1) is 10.2 Å². The number of amides is 1. The molecule has 1 aliphatic heterocycles. The van der Waals surface area contributed by atoms with Crippen molar-refractivity contribution in [1.29, 1.82) is 0 Å². The summed E-state index contributed by atoms with van der Waals surface area (Å²) in [7, 11) is 0. The van der Waals surface area contributed by atoms with Crippen LogP contribution in [-0.4, -0.2) is 39.9 Å². The molecule has 9 nitrogen and oxygen atoms in total. The van der Waals surface area contributed by atoms with Crippen molar-refractivity contribution < 1.29 is 23.8 Å². The van der Waals surface area contributed by atoms with Crippen molar-refractivity contribution in [3.05, 3.63) is 46.4 Å². The molecule has 1 amide bonds. The van der Waals surface area contributed by atoms with Gasteiger partial charge in [-0.1, -0.05) is 45.9 Å². The van der Waals surface area contributed by atoms with E-state index < -0.39 is 12.2 Å². The molecule has 11 heteroatoms. The summed E-state index contributed by atoms with van der Waals surface area (Å²) in [5, 5.41) is 8.90. The first-order valence-corrected chi connectivity index (χ1v) is 12.3. The highest BCUT2D eigenvalue weighted by Crippen LogP contribution is 2.47. The molecule has 2 heterocycles. The Hall–Kier alpha value is -3.18. The minimum Gasteiger partial charge on any atom is -0.490 e. The topological polar surface area (TPSA) is 104 Å². The summed E-state index contributed by atoms with van der Waals surface area (Å²) in [6.07, 6.45) is 0.784. The lowest BCUT2D eigenvalue weighted by molar-refractivity contribution is -0.132. The molecule has 0 N–H and O–H groups in total. The number of halogens is 1. The van der Waals surface area contributed by atoms with Crippen molar-refractivity contribution >= 4 is 45.3 Å². The highest BCUT2D eigenvalue weighted by Gasteiger charge is 2.37. The molecule has 2 aromatic carbocycles. The van der Waals surface area contributed by atoms with Gasteiger partial charge >= 0.3 is 5.97 Å². The van der Waals surface area contributed by atoms with Crippen molar-refractivity contribution in [2.45, 2.75) is 32.2 Å². The van der Waals surface area contributed by atoms with Crippen molar-refractivity contribution in [3.8, 4) is 28.6 Å². The Morgan fingerprint density at radius 1 is 1.21 bits per heavy atom. The van der Waals surface area contributed by atoms with E-state index in [1.165, 1.54) is 30.5 Å². The molecule has 0 radical (unpaired) electrons. The molecular formula is C23H21BrN4O5S. The van der Waals surface area contributed by atoms with Gasteiger partial charge in [0.2, 0.25) is 23.2 Å². The third-order valence-electron chi connectivity index (χ3n) is 4.89. The van der Waals surface area contributed by atoms with Gasteiger partial charge in [0.25, 0.3) is 0 Å². The summed E-state index contributed by atoms with van der Waals surface area (Å²) >= 11 is 4.81. The Labute approximate surface area is 209 Å². The molecule has 0 bridgehead atoms. The zero-order valence-electron chi connectivity index (χ0n) is 18.9. The van der Waals surface area contributed by atoms with Gasteiger partial charge in [0.1, 0.15) is 0 Å². The molecule has 1 aromatic heterocycles. The van der Waals surface area contributed by atoms with Gasteiger partial charge in [0, 0.05) is 23.9 Å². The quantitative estimate of drug-likeness (QED) is 0.254. The fourth-order valence-electron chi connectivity index (χ4n) is 3.63. The normalized spacial score (nSPS) is 14.4. The Balaban J connectivity index is 2.02. The molecule has 34 heavy (non-hydrogen) atoms. The lowest BCUT2D eigenvalue weighted by Crippen LogP contribution is -2.36. The maximum absolute atomic E-state index is 13.0. The summed E-state index contributed by atoms with van der Waals surface area (Å²) in [5.41, 5.74) is 1.99. The lowest BCUT2D eigenvalue weighted by atomic mass is 10.1. The molecule has 176 valence electrons. The van der Waals surface area contributed by atoms with Crippen LogP contribution in [0.3, 0.4) is 0 Å². The standard InChI is InChI=1S/C23H21BrN4O5S/c1-5-31-18-11-14(24)10-16(20(18)32-13(3)30)22-28(12(2)29)17-9-7-6-8-15(17)19-21(33-22)25-23(34-4)27-26-19/h6-11,22H,5H2,1-4H3/t22-/m1/s1. The van der Waals surface area contributed by atoms with Gasteiger partial charge in [0.15, 0.2) is 17.2 Å². The molecule has 1 atom stereocenters. The van der Waals surface area contributed by atoms with Crippen LogP contribution in [0.1, 0.15) is 32.6 Å². The van der Waals surface area contributed by atoms with E-state index in [0.29, 0.717) is 44.5 Å². The van der Waals surface area contributed by atoms with Gasteiger partial charge < -0.3 is 14.2 Å². The number of benzene rings is 2. The second-order valence-corrected chi connectivity index (χ2v) is 8.87. The van der Waals surface area contributed by atoms with E-state index in [1.807, 2.05) is 31.4 Å². The Bertz CT molecular complexity index is 1270. The van der Waals surface area contributed by atoms with Crippen LogP contribution >= 0.6 is 27.7 Å². The molecule has 0 unspecified atom stereocenters. The number of rotatable bonds is 5. The first-order chi connectivity index (χ1) is 16.3. The second-order valence-electron chi connectivity index (χ2n) is 7.18. The molecule has 3 aromatic rings. The number of esters is 1. The number of fused-ring (bicyclic) bond motifs is 3. The molecule has 0 aliphatic carbocycles. The van der Waals surface area contributed by atoms with Crippen molar-refractivity contribution in [2.24, 2.45) is 0 Å². The van der Waals surface area contributed by atoms with Gasteiger partial charge in [0.05, 0.1) is 17.9 Å². The van der Waals surface area contributed by atoms with E-state index in [2.05, 4.69) is 31.1 Å². The van der Waals surface area contributed by atoms with Crippen LogP contribution in [0, 0.1) is 0 Å². The third-order valence-corrected chi connectivity index (χ3v) is 5.89. The van der Waals surface area contributed by atoms with E-state index in [9.17, 15) is 9.59 Å². The average Bonchev–Trinajstić information content (AvgIpc) is 2.94. The molecule has 1 aliphatic rings. The van der Waals surface area contributed by atoms with Gasteiger partial charge in [-0.25, -0.2) is 0 Å². The largest absolute Gasteiger partial charge is 0.490 e. The van der Waals surface area contributed by atoms with Crippen molar-refractivity contribution in [2.75, 3.05) is 17.8 Å². The number of anilines is 1. The number of ether oxygens (including phenoxy) is 3. The number of nitrogens with zero attached hydrogens (tertiary/aromatic N) is 4. The van der Waals surface area contributed by atoms with Crippen LogP contribution < -0.4 is 19.1 Å². The lowest BCUT2D eigenvalue weighted by Gasteiger charge is -2.31. The van der Waals surface area contributed by atoms with E-state index in [4.69, 9.17) is 14.2 Å². The number of para-hydroxylation sites is 1. The average molecular weight is 545 g/mol. The molecule has 0 fully saturated rings. The summed E-state index contributed by atoms with van der Waals surface area (Å²) < 4.78 is 18.3. The smallest absolute Gasteiger partial charge is 0.308 e. The molecular weight excluding hydrogens is 524 g/mol. The number of carbonyl (C=O) groups excluding carboxylic acids is 2. The third kappa shape index (κ3) is 4.58. The monoisotopic (exact) mass is 544 g/mol. The van der Waals surface area contributed by atoms with Crippen LogP contribution in [-0.2, 0) is 9.59 Å². The molecule has 4 rings (SSSR count). The number of thioether (sulfide) groups is 1. The summed E-state index contributed by atoms with van der Waals surface area (Å²) in [6.45, 7) is 4.89. The zero-order chi connectivity index (χ0) is 24.4. The van der Waals surface area contributed by atoms with Crippen LogP contribution in [0.5, 0.6) is 17.4 Å². The summed E-state index contributed by atoms with van der Waals surface area (Å²) in [5.74, 6) is -0.149. The maximum atomic E-state index is 13.0. The van der Waals surface area contributed by atoms with Gasteiger partial charge in [-0.05, 0) is 31.4 Å². The second kappa shape index (κ2) is 9.98. The number of hydrogen-bond acceptors (Lipinski definition) is 9. The van der Waals surface area contributed by atoms with Crippen molar-refractivity contribution in [1.82, 2.24) is 15.2 Å². The SMILES string of the molecule is CCOc1cc(Br)cc([C@H]2Oc3nc(SC)nnc3-c3ccccc3N2C(C)=O)c1OC(C)=O. The Morgan fingerprint density at radius 3 is 2.65 bits per heavy atom. The fourth-order valence-corrected chi connectivity index (χ4v) is 4.38. The number of carbonyl (C=O) groups is 2. The van der Waals surface area contributed by atoms with Crippen LogP contribution in [0.4, 0.5) is 5.69 Å². The maximum Gasteiger partial charge on any atom is 0.308 e. The zero-order valence-corrected chi connectivity index (χ0v) is 21.3. The van der Waals surface area contributed by atoms with Crippen LogP contribution in [0.25, 0.3) is 11.3 Å². The first-order valence-electron chi connectivity index (χ1n) is 10.3. The van der Waals surface area contributed by atoms with E-state index in [-0.39, 0.29) is 17.5 Å².